The van der Waals surface area contributed by atoms with Gasteiger partial charge in [0.15, 0.2) is 8.32 Å². The van der Waals surface area contributed by atoms with Crippen molar-refractivity contribution >= 4 is 8.32 Å². The molecule has 0 aromatic heterocycles. The van der Waals surface area contributed by atoms with E-state index in [1.165, 1.54) is 44.9 Å². The Bertz CT molecular complexity index is 576. The quantitative estimate of drug-likeness (QED) is 0.243. The Kier molecular flexibility index (Phi) is 9.55. The molecule has 2 saturated carbocycles. The Labute approximate surface area is 201 Å². The number of hydrogen-bond acceptors (Lipinski definition) is 3. The third-order valence-electron chi connectivity index (χ3n) is 9.83. The summed E-state index contributed by atoms with van der Waals surface area (Å²) in [6.45, 7) is 21.4. The number of aliphatic hydroxyl groups excluding tert-OH is 1. The minimum atomic E-state index is -1.73. The topological polar surface area (TPSA) is 49.7 Å². The molecule has 0 radical (unpaired) electrons. The SMILES string of the molecule is C[C@H](CO[Si](C)(C)C(C)(C)C)[C@H]1CC[C@H]2[C@@H](O)CC[C@@H](CCCCCCC(C)(C)O)[C@]12C. The Morgan fingerprint density at radius 1 is 0.969 bits per heavy atom. The van der Waals surface area contributed by atoms with Crippen molar-refractivity contribution in [3.05, 3.63) is 0 Å². The van der Waals surface area contributed by atoms with E-state index >= 15 is 0 Å². The second-order valence-corrected chi connectivity index (χ2v) is 18.6. The first-order chi connectivity index (χ1) is 14.6. The molecule has 0 amide bonds. The van der Waals surface area contributed by atoms with Crippen molar-refractivity contribution in [3.63, 3.8) is 0 Å². The van der Waals surface area contributed by atoms with Crippen molar-refractivity contribution in [2.45, 2.75) is 143 Å². The van der Waals surface area contributed by atoms with Gasteiger partial charge in [-0.2, -0.15) is 0 Å². The first-order valence-electron chi connectivity index (χ1n) is 13.6. The van der Waals surface area contributed by atoms with Crippen molar-refractivity contribution in [3.8, 4) is 0 Å². The maximum absolute atomic E-state index is 10.9. The predicted octanol–water partition coefficient (Wildman–Crippen LogP) is 7.56. The highest BCUT2D eigenvalue weighted by atomic mass is 28.4. The van der Waals surface area contributed by atoms with Crippen molar-refractivity contribution in [2.75, 3.05) is 6.61 Å². The average Bonchev–Trinajstić information content (AvgIpc) is 3.01. The van der Waals surface area contributed by atoms with E-state index in [1.807, 2.05) is 13.8 Å². The summed E-state index contributed by atoms with van der Waals surface area (Å²) in [5, 5.41) is 21.1. The van der Waals surface area contributed by atoms with Crippen LogP contribution in [0.15, 0.2) is 0 Å². The van der Waals surface area contributed by atoms with Crippen LogP contribution in [0.5, 0.6) is 0 Å². The van der Waals surface area contributed by atoms with Gasteiger partial charge in [-0.15, -0.1) is 0 Å². The van der Waals surface area contributed by atoms with Crippen molar-refractivity contribution in [1.82, 2.24) is 0 Å². The molecule has 0 spiro atoms. The molecular weight excluding hydrogens is 412 g/mol. The molecule has 190 valence electrons. The van der Waals surface area contributed by atoms with Crippen molar-refractivity contribution < 1.29 is 14.6 Å². The first-order valence-corrected chi connectivity index (χ1v) is 16.5. The van der Waals surface area contributed by atoms with E-state index in [-0.39, 0.29) is 16.6 Å². The van der Waals surface area contributed by atoms with Crippen LogP contribution in [0.2, 0.25) is 18.1 Å². The summed E-state index contributed by atoms with van der Waals surface area (Å²) < 4.78 is 6.66. The maximum Gasteiger partial charge on any atom is 0.191 e. The number of fused-ring (bicyclic) bond motifs is 1. The zero-order valence-electron chi connectivity index (χ0n) is 23.0. The Morgan fingerprint density at radius 3 is 2.19 bits per heavy atom. The van der Waals surface area contributed by atoms with Crippen LogP contribution < -0.4 is 0 Å². The highest BCUT2D eigenvalue weighted by Gasteiger charge is 2.56. The van der Waals surface area contributed by atoms with Gasteiger partial charge in [0.05, 0.1) is 11.7 Å². The zero-order valence-corrected chi connectivity index (χ0v) is 24.0. The van der Waals surface area contributed by atoms with Gasteiger partial charge in [-0.25, -0.2) is 0 Å². The molecule has 0 heterocycles. The second kappa shape index (κ2) is 10.8. The van der Waals surface area contributed by atoms with Gasteiger partial charge >= 0.3 is 0 Å². The largest absolute Gasteiger partial charge is 0.417 e. The minimum Gasteiger partial charge on any atom is -0.417 e. The van der Waals surface area contributed by atoms with Gasteiger partial charge < -0.3 is 14.6 Å². The molecule has 2 fully saturated rings. The fourth-order valence-electron chi connectivity index (χ4n) is 6.68. The molecule has 0 aromatic carbocycles. The van der Waals surface area contributed by atoms with E-state index in [0.29, 0.717) is 17.8 Å². The van der Waals surface area contributed by atoms with Gasteiger partial charge in [0.25, 0.3) is 0 Å². The summed E-state index contributed by atoms with van der Waals surface area (Å²) >= 11 is 0. The molecule has 4 heteroatoms. The molecule has 0 aromatic rings. The summed E-state index contributed by atoms with van der Waals surface area (Å²) in [7, 11) is -1.73. The third-order valence-corrected chi connectivity index (χ3v) is 14.3. The highest BCUT2D eigenvalue weighted by molar-refractivity contribution is 6.74. The van der Waals surface area contributed by atoms with Crippen LogP contribution >= 0.6 is 0 Å². The van der Waals surface area contributed by atoms with Gasteiger partial charge in [-0.05, 0) is 99.6 Å². The second-order valence-electron chi connectivity index (χ2n) is 13.8. The van der Waals surface area contributed by atoms with Gasteiger partial charge in [0.1, 0.15) is 0 Å². The highest BCUT2D eigenvalue weighted by Crippen LogP contribution is 2.61. The number of unbranched alkanes of at least 4 members (excludes halogenated alkanes) is 3. The smallest absolute Gasteiger partial charge is 0.191 e. The van der Waals surface area contributed by atoms with E-state index in [0.717, 1.165) is 31.8 Å². The van der Waals surface area contributed by atoms with Crippen molar-refractivity contribution in [1.29, 1.82) is 0 Å². The lowest BCUT2D eigenvalue weighted by molar-refractivity contribution is -0.0755. The predicted molar refractivity (Wildman–Crippen MR) is 139 cm³/mol. The molecule has 2 N–H and O–H groups in total. The van der Waals surface area contributed by atoms with E-state index in [1.54, 1.807) is 0 Å². The fraction of sp³-hybridized carbons (Fsp3) is 1.00. The molecule has 2 rings (SSSR count). The first kappa shape index (κ1) is 28.3. The third kappa shape index (κ3) is 6.83. The number of hydrogen-bond donors (Lipinski definition) is 2. The zero-order chi connectivity index (χ0) is 24.4. The monoisotopic (exact) mass is 468 g/mol. The molecule has 2 aliphatic carbocycles. The fourth-order valence-corrected chi connectivity index (χ4v) is 7.79. The molecule has 2 aliphatic rings. The minimum absolute atomic E-state index is 0.110. The Morgan fingerprint density at radius 2 is 1.59 bits per heavy atom. The maximum atomic E-state index is 10.9. The lowest BCUT2D eigenvalue weighted by Crippen LogP contribution is -2.49. The Balaban J connectivity index is 1.98. The van der Waals surface area contributed by atoms with E-state index in [9.17, 15) is 10.2 Å². The molecular formula is C28H56O3Si. The molecule has 6 atom stereocenters. The van der Waals surface area contributed by atoms with Crippen LogP contribution in [0.25, 0.3) is 0 Å². The summed E-state index contributed by atoms with van der Waals surface area (Å²) in [4.78, 5) is 0. The summed E-state index contributed by atoms with van der Waals surface area (Å²) in [5.74, 6) is 2.41. The molecule has 0 bridgehead atoms. The van der Waals surface area contributed by atoms with Crippen LogP contribution in [-0.4, -0.2) is 36.8 Å². The molecule has 0 unspecified atom stereocenters. The van der Waals surface area contributed by atoms with Crippen molar-refractivity contribution in [2.24, 2.45) is 29.1 Å². The Hall–Kier alpha value is 0.0969. The van der Waals surface area contributed by atoms with Gasteiger partial charge in [-0.1, -0.05) is 60.3 Å². The van der Waals surface area contributed by atoms with Crippen LogP contribution in [-0.2, 0) is 4.43 Å². The van der Waals surface area contributed by atoms with Crippen LogP contribution in [0.4, 0.5) is 0 Å². The number of rotatable bonds is 11. The van der Waals surface area contributed by atoms with Crippen LogP contribution in [0, 0.1) is 29.1 Å². The number of aliphatic hydroxyl groups is 2. The molecule has 0 aliphatic heterocycles. The molecule has 3 nitrogen and oxygen atoms in total. The van der Waals surface area contributed by atoms with Crippen LogP contribution in [0.1, 0.15) is 113 Å². The van der Waals surface area contributed by atoms with Crippen LogP contribution in [0.3, 0.4) is 0 Å². The summed E-state index contributed by atoms with van der Waals surface area (Å²) in [6.07, 6.45) is 11.6. The normalized spacial score (nSPS) is 32.7. The summed E-state index contributed by atoms with van der Waals surface area (Å²) in [5.41, 5.74) is -0.277. The molecule has 32 heavy (non-hydrogen) atoms. The van der Waals surface area contributed by atoms with E-state index < -0.39 is 13.9 Å². The van der Waals surface area contributed by atoms with Gasteiger partial charge in [-0.3, -0.25) is 0 Å². The standard InChI is InChI=1S/C28H56O3Si/c1-21(20-31-32(8,9)26(2,3)4)23-16-17-24-25(29)18-15-22(28(23,24)7)14-12-10-11-13-19-27(5,6)30/h21-25,29-30H,10-20H2,1-9H3/t21-,22-,23-,24+,25+,28-/m1/s1. The lowest BCUT2D eigenvalue weighted by atomic mass is 9.55. The van der Waals surface area contributed by atoms with E-state index in [4.69, 9.17) is 4.43 Å². The lowest BCUT2D eigenvalue weighted by Gasteiger charge is -2.51. The van der Waals surface area contributed by atoms with Gasteiger partial charge in [0, 0.05) is 6.61 Å². The average molecular weight is 469 g/mol. The summed E-state index contributed by atoms with van der Waals surface area (Å²) in [6, 6.07) is 0. The van der Waals surface area contributed by atoms with E-state index in [2.05, 4.69) is 47.7 Å². The molecule has 0 saturated heterocycles. The van der Waals surface area contributed by atoms with Gasteiger partial charge in [0.2, 0.25) is 0 Å².